The van der Waals surface area contributed by atoms with E-state index in [2.05, 4.69) is 38.6 Å². The third-order valence-electron chi connectivity index (χ3n) is 4.76. The molecule has 3 heterocycles. The third kappa shape index (κ3) is 6.64. The minimum atomic E-state index is -1.46. The van der Waals surface area contributed by atoms with E-state index < -0.39 is 11.1 Å². The topological polar surface area (TPSA) is 121 Å². The van der Waals surface area contributed by atoms with Gasteiger partial charge in [-0.1, -0.05) is 18.2 Å². The van der Waals surface area contributed by atoms with Crippen molar-refractivity contribution in [2.45, 2.75) is 19.5 Å². The van der Waals surface area contributed by atoms with E-state index in [4.69, 9.17) is 0 Å². The molecule has 0 amide bonds. The Bertz CT molecular complexity index is 1270. The van der Waals surface area contributed by atoms with Gasteiger partial charge in [0.25, 0.3) is 0 Å². The highest BCUT2D eigenvalue weighted by atomic mass is 32.2. The quantitative estimate of drug-likeness (QED) is 0.290. The van der Waals surface area contributed by atoms with Crippen LogP contribution in [0, 0.1) is 5.82 Å². The number of H-pyrrole nitrogens is 2. The molecular weight excluding hydrogens is 443 g/mol. The zero-order valence-corrected chi connectivity index (χ0v) is 18.6. The van der Waals surface area contributed by atoms with Crippen LogP contribution in [0.5, 0.6) is 0 Å². The van der Waals surface area contributed by atoms with Crippen LogP contribution in [0.3, 0.4) is 0 Å². The number of anilines is 1. The van der Waals surface area contributed by atoms with Crippen molar-refractivity contribution in [3.05, 3.63) is 95.3 Å². The number of pyridine rings is 1. The van der Waals surface area contributed by atoms with Crippen molar-refractivity contribution in [1.82, 2.24) is 23.7 Å². The van der Waals surface area contributed by atoms with Gasteiger partial charge in [0.05, 0.1) is 12.2 Å². The summed E-state index contributed by atoms with van der Waals surface area (Å²) in [6, 6.07) is 14.0. The molecule has 0 aliphatic carbocycles. The summed E-state index contributed by atoms with van der Waals surface area (Å²) in [5.41, 5.74) is 2.65. The Balaban J connectivity index is 1.43. The van der Waals surface area contributed by atoms with Crippen molar-refractivity contribution in [1.29, 1.82) is 0 Å². The second-order valence-electron chi connectivity index (χ2n) is 7.16. The van der Waals surface area contributed by atoms with Crippen LogP contribution in [-0.4, -0.2) is 41.3 Å². The van der Waals surface area contributed by atoms with Gasteiger partial charge < -0.3 is 9.45 Å². The Kier molecular flexibility index (Phi) is 7.67. The Morgan fingerprint density at radius 3 is 2.52 bits per heavy atom. The number of nitrogens with zero attached hydrogens (tertiary/aromatic N) is 6. The molecular formula is C22H23FN8OS. The average molecular weight is 467 g/mol. The van der Waals surface area contributed by atoms with Crippen molar-refractivity contribution >= 4 is 17.0 Å². The largest absolute Gasteiger partial charge is 0.549 e. The van der Waals surface area contributed by atoms with E-state index in [9.17, 15) is 8.94 Å². The molecule has 9 nitrogen and oxygen atoms in total. The molecule has 0 aliphatic rings. The fourth-order valence-electron chi connectivity index (χ4n) is 3.16. The molecule has 4 aromatic rings. The maximum atomic E-state index is 13.3. The van der Waals surface area contributed by atoms with Crippen LogP contribution < -0.4 is 15.9 Å². The van der Waals surface area contributed by atoms with E-state index in [1.54, 1.807) is 30.6 Å². The van der Waals surface area contributed by atoms with E-state index in [1.165, 1.54) is 18.5 Å². The molecule has 0 spiro atoms. The first kappa shape index (κ1) is 22.5. The predicted molar refractivity (Wildman–Crippen MR) is 122 cm³/mol. The van der Waals surface area contributed by atoms with Gasteiger partial charge in [0.1, 0.15) is 29.1 Å². The van der Waals surface area contributed by atoms with Gasteiger partial charge in [-0.3, -0.25) is 9.98 Å². The van der Waals surface area contributed by atoms with E-state index >= 15 is 0 Å². The van der Waals surface area contributed by atoms with Crippen LogP contribution >= 0.6 is 11.1 Å². The van der Waals surface area contributed by atoms with E-state index in [-0.39, 0.29) is 5.82 Å². The summed E-state index contributed by atoms with van der Waals surface area (Å²) >= 11 is -1.46. The molecule has 170 valence electrons. The van der Waals surface area contributed by atoms with Gasteiger partial charge in [-0.05, 0) is 42.3 Å². The summed E-state index contributed by atoms with van der Waals surface area (Å²) in [6.07, 6.45) is 5.59. The number of hydrogen-bond donors (Lipinski definition) is 2. The van der Waals surface area contributed by atoms with E-state index in [0.717, 1.165) is 23.5 Å². The molecule has 0 saturated carbocycles. The smallest absolute Gasteiger partial charge is 0.219 e. The molecule has 11 heteroatoms. The molecule has 1 unspecified atom stereocenters. The van der Waals surface area contributed by atoms with Crippen molar-refractivity contribution in [3.8, 4) is 0 Å². The third-order valence-corrected chi connectivity index (χ3v) is 5.52. The van der Waals surface area contributed by atoms with Crippen LogP contribution in [0.2, 0.25) is 0 Å². The monoisotopic (exact) mass is 466 g/mol. The first-order valence-electron chi connectivity index (χ1n) is 10.4. The lowest BCUT2D eigenvalue weighted by atomic mass is 10.2. The van der Waals surface area contributed by atoms with Gasteiger partial charge in [-0.2, -0.15) is 8.75 Å². The maximum absolute atomic E-state index is 13.3. The summed E-state index contributed by atoms with van der Waals surface area (Å²) in [6.45, 7) is 2.12. The predicted octanol–water partition coefficient (Wildman–Crippen LogP) is 2.49. The fraction of sp³-hybridized carbons (Fsp3) is 0.227. The molecule has 0 aliphatic heterocycles. The Labute approximate surface area is 192 Å². The zero-order valence-electron chi connectivity index (χ0n) is 17.8. The average Bonchev–Trinajstić information content (AvgIpc) is 3.21. The number of aromatic nitrogens is 5. The molecule has 0 fully saturated rings. The minimum absolute atomic E-state index is 0.258. The van der Waals surface area contributed by atoms with Crippen molar-refractivity contribution in [2.75, 3.05) is 18.0 Å². The molecule has 3 aromatic heterocycles. The minimum Gasteiger partial charge on any atom is -0.549 e. The second kappa shape index (κ2) is 11.2. The first-order chi connectivity index (χ1) is 16.2. The lowest BCUT2D eigenvalue weighted by Gasteiger charge is -2.23. The van der Waals surface area contributed by atoms with Crippen molar-refractivity contribution in [2.24, 2.45) is 9.98 Å². The summed E-state index contributed by atoms with van der Waals surface area (Å²) in [5, 5.41) is 0. The number of benzene rings is 1. The SMILES string of the molecule is [O-][s+]1[nH]c(=NCCCN(Cc2ccc(F)cc2)c2ccccn2)c(=NCc2ccncn2)[nH]1. The molecule has 0 radical (unpaired) electrons. The maximum Gasteiger partial charge on any atom is 0.219 e. The lowest BCUT2D eigenvalue weighted by molar-refractivity contribution is 0.584. The number of rotatable bonds is 9. The van der Waals surface area contributed by atoms with Crippen LogP contribution in [0.15, 0.2) is 77.2 Å². The lowest BCUT2D eigenvalue weighted by Crippen LogP contribution is -2.28. The van der Waals surface area contributed by atoms with Crippen molar-refractivity contribution < 1.29 is 8.94 Å². The van der Waals surface area contributed by atoms with Gasteiger partial charge in [0, 0.05) is 32.0 Å². The summed E-state index contributed by atoms with van der Waals surface area (Å²) in [5.74, 6) is 0.578. The molecule has 0 bridgehead atoms. The highest BCUT2D eigenvalue weighted by molar-refractivity contribution is 7.13. The molecule has 33 heavy (non-hydrogen) atoms. The first-order valence-corrected chi connectivity index (χ1v) is 11.5. The van der Waals surface area contributed by atoms with E-state index in [1.807, 2.05) is 18.2 Å². The summed E-state index contributed by atoms with van der Waals surface area (Å²) < 4.78 is 30.7. The molecule has 4 rings (SSSR count). The highest BCUT2D eigenvalue weighted by Crippen LogP contribution is 2.15. The van der Waals surface area contributed by atoms with Crippen LogP contribution in [0.1, 0.15) is 17.7 Å². The number of nitrogens with one attached hydrogen (secondary N) is 2. The standard InChI is InChI=1S/C22H23FN8OS/c23-18-7-5-17(6-8-18)15-31(20-4-1-2-10-25-20)13-3-11-26-21-22(30-33(32)29-21)27-14-19-9-12-24-16-28-19/h1-2,4-10,12,16H,3,11,13-15H2,(H,26,29)(H,27,30). The van der Waals surface area contributed by atoms with E-state index in [0.29, 0.717) is 37.2 Å². The normalized spacial score (nSPS) is 12.8. The number of halogens is 1. The van der Waals surface area contributed by atoms with Crippen LogP contribution in [0.25, 0.3) is 0 Å². The van der Waals surface area contributed by atoms with Crippen LogP contribution in [-0.2, 0) is 13.1 Å². The second-order valence-corrected chi connectivity index (χ2v) is 8.10. The molecule has 1 aromatic carbocycles. The van der Waals surface area contributed by atoms with Gasteiger partial charge in [-0.25, -0.2) is 19.3 Å². The number of hydrogen-bond acceptors (Lipinski definition) is 7. The Morgan fingerprint density at radius 1 is 0.970 bits per heavy atom. The number of aromatic amines is 2. The molecule has 2 N–H and O–H groups in total. The van der Waals surface area contributed by atoms with Gasteiger partial charge in [0.15, 0.2) is 0 Å². The zero-order chi connectivity index (χ0) is 22.9. The van der Waals surface area contributed by atoms with Crippen LogP contribution in [0.4, 0.5) is 10.2 Å². The summed E-state index contributed by atoms with van der Waals surface area (Å²) in [4.78, 5) is 23.6. The molecule has 1 atom stereocenters. The molecule has 0 saturated heterocycles. The van der Waals surface area contributed by atoms with Gasteiger partial charge >= 0.3 is 0 Å². The summed E-state index contributed by atoms with van der Waals surface area (Å²) in [7, 11) is 0. The van der Waals surface area contributed by atoms with Gasteiger partial charge in [-0.15, -0.1) is 0 Å². The Hall–Kier alpha value is -3.70. The Morgan fingerprint density at radius 2 is 1.79 bits per heavy atom. The van der Waals surface area contributed by atoms with Crippen molar-refractivity contribution in [3.63, 3.8) is 0 Å². The van der Waals surface area contributed by atoms with Gasteiger partial charge in [0.2, 0.25) is 11.0 Å². The highest BCUT2D eigenvalue weighted by Gasteiger charge is 2.09. The fourth-order valence-corrected chi connectivity index (χ4v) is 3.89.